The molecule has 2 aromatic heterocycles. The van der Waals surface area contributed by atoms with Crippen molar-refractivity contribution in [3.05, 3.63) is 41.0 Å². The summed E-state index contributed by atoms with van der Waals surface area (Å²) in [6.07, 6.45) is -0.968. The van der Waals surface area contributed by atoms with Gasteiger partial charge < -0.3 is 9.26 Å². The van der Waals surface area contributed by atoms with Crippen LogP contribution in [0.5, 0.6) is 0 Å². The molecule has 0 spiro atoms. The van der Waals surface area contributed by atoms with Crippen LogP contribution in [-0.4, -0.2) is 28.1 Å². The van der Waals surface area contributed by atoms with Crippen molar-refractivity contribution in [2.24, 2.45) is 0 Å². The number of nitrogens with one attached hydrogen (secondary N) is 1. The number of carbonyl (C=O) groups excluding carboxylic acids is 2. The van der Waals surface area contributed by atoms with Crippen LogP contribution in [0.15, 0.2) is 34.3 Å². The fraction of sp³-hybridized carbons (Fsp3) is 0.200. The van der Waals surface area contributed by atoms with Gasteiger partial charge in [-0.25, -0.2) is 9.78 Å². The van der Waals surface area contributed by atoms with E-state index in [1.807, 2.05) is 0 Å². The van der Waals surface area contributed by atoms with Gasteiger partial charge in [-0.05, 0) is 32.0 Å². The molecule has 118 valence electrons. The normalized spacial score (nSPS) is 12.1. The molecule has 0 fully saturated rings. The zero-order valence-corrected chi connectivity index (χ0v) is 13.2. The quantitative estimate of drug-likeness (QED) is 0.739. The molecule has 1 unspecified atom stereocenters. The molecule has 1 atom stereocenters. The lowest BCUT2D eigenvalue weighted by atomic mass is 10.2. The summed E-state index contributed by atoms with van der Waals surface area (Å²) in [5.41, 5.74) is 3.53. The Morgan fingerprint density at radius 3 is 2.91 bits per heavy atom. The zero-order valence-electron chi connectivity index (χ0n) is 12.4. The number of hydrogen-bond acceptors (Lipinski definition) is 7. The summed E-state index contributed by atoms with van der Waals surface area (Å²) < 4.78 is 10.9. The lowest BCUT2D eigenvalue weighted by molar-refractivity contribution is -0.123. The molecule has 0 aliphatic rings. The molecule has 3 aromatic rings. The van der Waals surface area contributed by atoms with E-state index in [0.29, 0.717) is 11.3 Å². The smallest absolute Gasteiger partial charge is 0.338 e. The van der Waals surface area contributed by atoms with Gasteiger partial charge in [0.15, 0.2) is 6.10 Å². The zero-order chi connectivity index (χ0) is 16.4. The van der Waals surface area contributed by atoms with Crippen molar-refractivity contribution in [2.75, 3.05) is 5.32 Å². The van der Waals surface area contributed by atoms with Crippen molar-refractivity contribution in [2.45, 2.75) is 20.0 Å². The van der Waals surface area contributed by atoms with Crippen LogP contribution in [0.25, 0.3) is 10.2 Å². The number of ether oxygens (including phenoxy) is 1. The van der Waals surface area contributed by atoms with Crippen LogP contribution in [0.3, 0.4) is 0 Å². The van der Waals surface area contributed by atoms with Crippen LogP contribution in [0, 0.1) is 6.92 Å². The molecule has 1 amide bonds. The van der Waals surface area contributed by atoms with E-state index >= 15 is 0 Å². The lowest BCUT2D eigenvalue weighted by Gasteiger charge is -2.12. The van der Waals surface area contributed by atoms with E-state index in [1.165, 1.54) is 18.3 Å². The number of aryl methyl sites for hydroxylation is 1. The maximum absolute atomic E-state index is 12.1. The Morgan fingerprint density at radius 1 is 1.35 bits per heavy atom. The van der Waals surface area contributed by atoms with Crippen molar-refractivity contribution >= 4 is 39.3 Å². The third-order valence-corrected chi connectivity index (χ3v) is 3.89. The molecule has 1 aromatic carbocycles. The highest BCUT2D eigenvalue weighted by Gasteiger charge is 2.20. The summed E-state index contributed by atoms with van der Waals surface area (Å²) in [6, 6.07) is 6.63. The van der Waals surface area contributed by atoms with E-state index in [1.54, 1.807) is 36.7 Å². The molecule has 0 bridgehead atoms. The molecule has 3 rings (SSSR count). The third kappa shape index (κ3) is 3.37. The average Bonchev–Trinajstić information content (AvgIpc) is 3.14. The molecule has 0 saturated heterocycles. The molecule has 0 saturated carbocycles. The number of aromatic nitrogens is 2. The van der Waals surface area contributed by atoms with Crippen LogP contribution in [0.1, 0.15) is 23.0 Å². The minimum atomic E-state index is -0.968. The molecule has 0 aliphatic carbocycles. The van der Waals surface area contributed by atoms with E-state index in [-0.39, 0.29) is 5.88 Å². The molecule has 0 radical (unpaired) electrons. The van der Waals surface area contributed by atoms with Crippen LogP contribution < -0.4 is 5.32 Å². The summed E-state index contributed by atoms with van der Waals surface area (Å²) in [7, 11) is 0. The number of fused-ring (bicyclic) bond motifs is 1. The fourth-order valence-electron chi connectivity index (χ4n) is 1.91. The Bertz CT molecular complexity index is 870. The minimum Gasteiger partial charge on any atom is -0.449 e. The Balaban J connectivity index is 1.65. The second-order valence-electron chi connectivity index (χ2n) is 4.90. The molecular formula is C15H13N3O4S. The number of esters is 1. The number of amides is 1. The van der Waals surface area contributed by atoms with Gasteiger partial charge in [0.25, 0.3) is 5.91 Å². The average molecular weight is 331 g/mol. The number of hydrogen-bond donors (Lipinski definition) is 1. The molecule has 8 heteroatoms. The first-order valence-corrected chi connectivity index (χ1v) is 7.69. The number of nitrogens with zero attached hydrogens (tertiary/aromatic N) is 2. The minimum absolute atomic E-state index is 0.210. The number of anilines is 1. The van der Waals surface area contributed by atoms with E-state index < -0.39 is 18.0 Å². The standard InChI is InChI=1S/C15H13N3O4S/c1-8-5-13(22-18-8)17-14(19)9(2)21-15(20)10-3-4-11-12(6-10)23-7-16-11/h3-7,9H,1-2H3,(H,17,19). The van der Waals surface area contributed by atoms with E-state index in [2.05, 4.69) is 15.5 Å². The molecule has 7 nitrogen and oxygen atoms in total. The van der Waals surface area contributed by atoms with Crippen LogP contribution in [0.4, 0.5) is 5.88 Å². The molecule has 23 heavy (non-hydrogen) atoms. The first kappa shape index (κ1) is 15.2. The summed E-state index contributed by atoms with van der Waals surface area (Å²) in [6.45, 7) is 3.22. The number of thiazole rings is 1. The molecule has 0 aliphatic heterocycles. The number of benzene rings is 1. The van der Waals surface area contributed by atoms with Gasteiger partial charge in [0, 0.05) is 6.07 Å². The van der Waals surface area contributed by atoms with Gasteiger partial charge in [0.05, 0.1) is 27.0 Å². The van der Waals surface area contributed by atoms with E-state index in [0.717, 1.165) is 10.2 Å². The maximum Gasteiger partial charge on any atom is 0.338 e. The van der Waals surface area contributed by atoms with Gasteiger partial charge in [-0.15, -0.1) is 11.3 Å². The van der Waals surface area contributed by atoms with Gasteiger partial charge in [0.1, 0.15) is 0 Å². The monoisotopic (exact) mass is 331 g/mol. The number of rotatable bonds is 4. The predicted molar refractivity (Wildman–Crippen MR) is 84.4 cm³/mol. The first-order chi connectivity index (χ1) is 11.0. The Labute approximate surface area is 135 Å². The van der Waals surface area contributed by atoms with Crippen molar-refractivity contribution < 1.29 is 18.8 Å². The summed E-state index contributed by atoms with van der Waals surface area (Å²) in [5.74, 6) is -0.855. The van der Waals surface area contributed by atoms with Gasteiger partial charge in [-0.1, -0.05) is 5.16 Å². The predicted octanol–water partition coefficient (Wildman–Crippen LogP) is 2.78. The van der Waals surface area contributed by atoms with E-state index in [4.69, 9.17) is 9.26 Å². The second-order valence-corrected chi connectivity index (χ2v) is 5.79. The van der Waals surface area contributed by atoms with Gasteiger partial charge >= 0.3 is 5.97 Å². The van der Waals surface area contributed by atoms with Crippen molar-refractivity contribution in [3.63, 3.8) is 0 Å². The summed E-state index contributed by atoms with van der Waals surface area (Å²) >= 11 is 1.43. The largest absolute Gasteiger partial charge is 0.449 e. The Morgan fingerprint density at radius 2 is 2.17 bits per heavy atom. The topological polar surface area (TPSA) is 94.3 Å². The SMILES string of the molecule is Cc1cc(NC(=O)C(C)OC(=O)c2ccc3ncsc3c2)on1. The Hall–Kier alpha value is -2.74. The van der Waals surface area contributed by atoms with Crippen LogP contribution >= 0.6 is 11.3 Å². The van der Waals surface area contributed by atoms with Crippen LogP contribution in [0.2, 0.25) is 0 Å². The lowest BCUT2D eigenvalue weighted by Crippen LogP contribution is -2.29. The van der Waals surface area contributed by atoms with E-state index in [9.17, 15) is 9.59 Å². The van der Waals surface area contributed by atoms with Gasteiger partial charge in [0.2, 0.25) is 5.88 Å². The van der Waals surface area contributed by atoms with Gasteiger partial charge in [-0.2, -0.15) is 0 Å². The summed E-state index contributed by atoms with van der Waals surface area (Å²) in [4.78, 5) is 28.2. The van der Waals surface area contributed by atoms with Crippen molar-refractivity contribution in [1.82, 2.24) is 10.1 Å². The molecular weight excluding hydrogens is 318 g/mol. The van der Waals surface area contributed by atoms with Crippen molar-refractivity contribution in [1.29, 1.82) is 0 Å². The van der Waals surface area contributed by atoms with Gasteiger partial charge in [-0.3, -0.25) is 10.1 Å². The number of carbonyl (C=O) groups is 2. The fourth-order valence-corrected chi connectivity index (χ4v) is 2.63. The second kappa shape index (κ2) is 6.17. The maximum atomic E-state index is 12.1. The van der Waals surface area contributed by atoms with Crippen LogP contribution in [-0.2, 0) is 9.53 Å². The molecule has 2 heterocycles. The highest BCUT2D eigenvalue weighted by Crippen LogP contribution is 2.20. The molecule has 1 N–H and O–H groups in total. The Kier molecular flexibility index (Phi) is 4.07. The van der Waals surface area contributed by atoms with Crippen molar-refractivity contribution in [3.8, 4) is 0 Å². The first-order valence-electron chi connectivity index (χ1n) is 6.81. The highest BCUT2D eigenvalue weighted by molar-refractivity contribution is 7.16. The third-order valence-electron chi connectivity index (χ3n) is 3.09. The highest BCUT2D eigenvalue weighted by atomic mass is 32.1. The summed E-state index contributed by atoms with van der Waals surface area (Å²) in [5, 5.41) is 6.15.